The molecule has 0 radical (unpaired) electrons. The van der Waals surface area contributed by atoms with Crippen LogP contribution in [0, 0.1) is 5.92 Å². The average Bonchev–Trinajstić information content (AvgIpc) is 3.53. The van der Waals surface area contributed by atoms with E-state index in [4.69, 9.17) is 14.2 Å². The van der Waals surface area contributed by atoms with Crippen LogP contribution in [-0.4, -0.2) is 48.5 Å². The number of quaternary nitrogens is 1. The summed E-state index contributed by atoms with van der Waals surface area (Å²) >= 11 is 0. The number of alkyl carbamates (subject to hydrolysis) is 1. The fourth-order valence-electron chi connectivity index (χ4n) is 4.53. The van der Waals surface area contributed by atoms with E-state index >= 15 is 0 Å². The minimum absolute atomic E-state index is 0.105. The number of carbonyl (C=O) groups is 2. The van der Waals surface area contributed by atoms with Crippen LogP contribution in [0.3, 0.4) is 0 Å². The lowest BCUT2D eigenvalue weighted by Gasteiger charge is -2.36. The van der Waals surface area contributed by atoms with E-state index in [2.05, 4.69) is 18.8 Å². The third-order valence-electron chi connectivity index (χ3n) is 6.71. The SMILES string of the molecule is C=C1C[N+]1(CC1CC(CC)C(NC(=O)OCc2ccccc2)CO1)C(=O)OCc1ccccc1. The zero-order valence-corrected chi connectivity index (χ0v) is 19.7. The Kier molecular flexibility index (Phi) is 7.65. The highest BCUT2D eigenvalue weighted by molar-refractivity contribution is 5.67. The van der Waals surface area contributed by atoms with Crippen molar-refractivity contribution in [2.45, 2.75) is 45.1 Å². The maximum atomic E-state index is 12.9. The van der Waals surface area contributed by atoms with E-state index in [1.165, 1.54) is 0 Å². The molecule has 2 heterocycles. The van der Waals surface area contributed by atoms with Crippen molar-refractivity contribution in [2.75, 3.05) is 19.7 Å². The van der Waals surface area contributed by atoms with Gasteiger partial charge in [-0.3, -0.25) is 0 Å². The number of amides is 2. The highest BCUT2D eigenvalue weighted by Crippen LogP contribution is 2.38. The van der Waals surface area contributed by atoms with Crippen LogP contribution in [-0.2, 0) is 27.4 Å². The van der Waals surface area contributed by atoms with Gasteiger partial charge >= 0.3 is 12.2 Å². The smallest absolute Gasteiger partial charge is 0.445 e. The minimum Gasteiger partial charge on any atom is -0.445 e. The second-order valence-electron chi connectivity index (χ2n) is 9.09. The molecular formula is C27H33N2O5+. The van der Waals surface area contributed by atoms with Gasteiger partial charge in [-0.15, -0.1) is 0 Å². The van der Waals surface area contributed by atoms with Gasteiger partial charge in [-0.1, -0.05) is 74.0 Å². The van der Waals surface area contributed by atoms with E-state index in [1.54, 1.807) is 0 Å². The van der Waals surface area contributed by atoms with Crippen LogP contribution < -0.4 is 5.32 Å². The first-order valence-corrected chi connectivity index (χ1v) is 11.9. The first-order valence-electron chi connectivity index (χ1n) is 11.9. The van der Waals surface area contributed by atoms with Crippen LogP contribution >= 0.6 is 0 Å². The number of carbonyl (C=O) groups excluding carboxylic acids is 2. The molecule has 4 rings (SSSR count). The molecule has 2 fully saturated rings. The highest BCUT2D eigenvalue weighted by atomic mass is 16.6. The van der Waals surface area contributed by atoms with Crippen LogP contribution in [0.2, 0.25) is 0 Å². The van der Waals surface area contributed by atoms with Crippen molar-refractivity contribution < 1.29 is 28.3 Å². The lowest BCUT2D eigenvalue weighted by molar-refractivity contribution is -0.708. The van der Waals surface area contributed by atoms with Crippen LogP contribution in [0.1, 0.15) is 30.9 Å². The van der Waals surface area contributed by atoms with E-state index in [0.29, 0.717) is 19.7 Å². The number of ether oxygens (including phenoxy) is 3. The summed E-state index contributed by atoms with van der Waals surface area (Å²) in [5, 5.41) is 2.96. The van der Waals surface area contributed by atoms with Crippen molar-refractivity contribution in [3.8, 4) is 0 Å². The summed E-state index contributed by atoms with van der Waals surface area (Å²) in [6, 6.07) is 19.1. The van der Waals surface area contributed by atoms with Crippen LogP contribution in [0.4, 0.5) is 9.59 Å². The Morgan fingerprint density at radius 2 is 1.62 bits per heavy atom. The Labute approximate surface area is 200 Å². The van der Waals surface area contributed by atoms with E-state index in [9.17, 15) is 9.59 Å². The molecule has 34 heavy (non-hydrogen) atoms. The van der Waals surface area contributed by atoms with E-state index in [1.807, 2.05) is 60.7 Å². The van der Waals surface area contributed by atoms with Gasteiger partial charge in [-0.25, -0.2) is 4.79 Å². The maximum absolute atomic E-state index is 12.9. The van der Waals surface area contributed by atoms with Crippen LogP contribution in [0.25, 0.3) is 0 Å². The molecular weight excluding hydrogens is 432 g/mol. The van der Waals surface area contributed by atoms with Gasteiger partial charge < -0.3 is 19.5 Å². The summed E-state index contributed by atoms with van der Waals surface area (Å²) < 4.78 is 17.2. The maximum Gasteiger partial charge on any atom is 0.521 e. The summed E-state index contributed by atoms with van der Waals surface area (Å²) in [5.41, 5.74) is 2.74. The molecule has 4 unspecified atom stereocenters. The Hall–Kier alpha value is -3.16. The Morgan fingerprint density at radius 3 is 2.18 bits per heavy atom. The van der Waals surface area contributed by atoms with Crippen LogP contribution in [0.5, 0.6) is 0 Å². The molecule has 7 heteroatoms. The summed E-state index contributed by atoms with van der Waals surface area (Å²) in [5.74, 6) is 0.233. The second kappa shape index (κ2) is 10.8. The van der Waals surface area contributed by atoms with Gasteiger partial charge in [-0.2, -0.15) is 9.28 Å². The lowest BCUT2D eigenvalue weighted by atomic mass is 9.88. The van der Waals surface area contributed by atoms with Gasteiger partial charge in [0.15, 0.2) is 12.2 Å². The third kappa shape index (κ3) is 5.85. The van der Waals surface area contributed by atoms with Crippen molar-refractivity contribution in [3.05, 3.63) is 84.1 Å². The minimum atomic E-state index is -0.443. The van der Waals surface area contributed by atoms with Crippen molar-refractivity contribution in [3.63, 3.8) is 0 Å². The fourth-order valence-corrected chi connectivity index (χ4v) is 4.53. The second-order valence-corrected chi connectivity index (χ2v) is 9.09. The number of benzene rings is 2. The predicted molar refractivity (Wildman–Crippen MR) is 127 cm³/mol. The molecule has 2 aliphatic heterocycles. The molecule has 2 saturated heterocycles. The van der Waals surface area contributed by atoms with Crippen molar-refractivity contribution in [1.29, 1.82) is 0 Å². The Morgan fingerprint density at radius 1 is 1.03 bits per heavy atom. The standard InChI is InChI=1S/C27H32N2O5/c1-3-23-14-24(32-19-25(23)28-26(30)33-17-21-10-6-4-7-11-21)16-29(15-20(29)2)27(31)34-18-22-12-8-5-9-13-22/h4-13,23-25H,2-3,14-19H2,1H3/p+1. The summed E-state index contributed by atoms with van der Waals surface area (Å²) in [6.07, 6.45) is 0.811. The molecule has 2 aromatic rings. The molecule has 1 N–H and O–H groups in total. The molecule has 0 bridgehead atoms. The van der Waals surface area contributed by atoms with Crippen LogP contribution in [0.15, 0.2) is 72.9 Å². The van der Waals surface area contributed by atoms with Crippen molar-refractivity contribution in [1.82, 2.24) is 5.32 Å². The molecule has 2 aliphatic rings. The molecule has 0 aromatic heterocycles. The molecule has 180 valence electrons. The number of rotatable bonds is 8. The monoisotopic (exact) mass is 465 g/mol. The van der Waals surface area contributed by atoms with E-state index in [0.717, 1.165) is 29.7 Å². The van der Waals surface area contributed by atoms with Gasteiger partial charge in [0.25, 0.3) is 0 Å². The highest BCUT2D eigenvalue weighted by Gasteiger charge is 2.59. The first kappa shape index (κ1) is 24.0. The van der Waals surface area contributed by atoms with Crippen molar-refractivity contribution in [2.24, 2.45) is 5.92 Å². The first-order chi connectivity index (χ1) is 16.5. The zero-order chi connectivity index (χ0) is 24.0. The average molecular weight is 466 g/mol. The number of nitrogens with zero attached hydrogens (tertiary/aromatic N) is 1. The zero-order valence-electron chi connectivity index (χ0n) is 19.7. The molecule has 4 atom stereocenters. The van der Waals surface area contributed by atoms with Gasteiger partial charge in [0.05, 0.1) is 12.6 Å². The quantitative estimate of drug-likeness (QED) is 0.449. The number of hydrogen-bond donors (Lipinski definition) is 1. The fraction of sp³-hybridized carbons (Fsp3) is 0.407. The van der Waals surface area contributed by atoms with Gasteiger partial charge in [0.1, 0.15) is 25.9 Å². The van der Waals surface area contributed by atoms with Gasteiger partial charge in [-0.05, 0) is 30.0 Å². The molecule has 2 amide bonds. The number of hydrogen-bond acceptors (Lipinski definition) is 5. The van der Waals surface area contributed by atoms with E-state index in [-0.39, 0.29) is 41.9 Å². The molecule has 0 spiro atoms. The molecule has 7 nitrogen and oxygen atoms in total. The van der Waals surface area contributed by atoms with E-state index < -0.39 is 6.09 Å². The Balaban J connectivity index is 1.27. The molecule has 0 aliphatic carbocycles. The lowest BCUT2D eigenvalue weighted by Crippen LogP contribution is -2.51. The van der Waals surface area contributed by atoms with Gasteiger partial charge in [0, 0.05) is 0 Å². The third-order valence-corrected chi connectivity index (χ3v) is 6.71. The number of nitrogens with one attached hydrogen (secondary N) is 1. The topological polar surface area (TPSA) is 73.9 Å². The largest absolute Gasteiger partial charge is 0.521 e. The van der Waals surface area contributed by atoms with Crippen molar-refractivity contribution >= 4 is 12.2 Å². The normalized spacial score (nSPS) is 25.9. The summed E-state index contributed by atoms with van der Waals surface area (Å²) in [4.78, 5) is 25.2. The molecule has 2 aromatic carbocycles. The molecule has 0 saturated carbocycles. The Bertz CT molecular complexity index is 997. The summed E-state index contributed by atoms with van der Waals surface area (Å²) in [7, 11) is 0. The summed E-state index contributed by atoms with van der Waals surface area (Å²) in [6.45, 7) is 8.09. The predicted octanol–water partition coefficient (Wildman–Crippen LogP) is 4.78. The van der Waals surface area contributed by atoms with Gasteiger partial charge in [0.2, 0.25) is 0 Å².